The first-order chi connectivity index (χ1) is 7.13. The molecule has 80 valence electrons. The van der Waals surface area contributed by atoms with Crippen molar-refractivity contribution in [3.8, 4) is 5.75 Å². The minimum Gasteiger partial charge on any atom is -0.496 e. The Balaban J connectivity index is 2.71. The number of benzene rings is 1. The van der Waals surface area contributed by atoms with Gasteiger partial charge in [0.05, 0.1) is 7.11 Å². The van der Waals surface area contributed by atoms with Crippen LogP contribution in [0.2, 0.25) is 0 Å². The lowest BCUT2D eigenvalue weighted by Gasteiger charge is -2.07. The van der Waals surface area contributed by atoms with Crippen molar-refractivity contribution in [1.82, 2.24) is 0 Å². The number of carbonyl (C=O) groups is 1. The highest BCUT2D eigenvalue weighted by Gasteiger charge is 2.07. The standard InChI is InChI=1S/C13H16O2/c1-10(2)8-12(14)9-11-6-4-5-7-13(11)15-3/h4-7H,1,8-9H2,2-3H3. The molecule has 0 heterocycles. The third-order valence-electron chi connectivity index (χ3n) is 2.08. The Labute approximate surface area is 90.6 Å². The third-order valence-corrected chi connectivity index (χ3v) is 2.08. The highest BCUT2D eigenvalue weighted by Crippen LogP contribution is 2.18. The van der Waals surface area contributed by atoms with Crippen molar-refractivity contribution in [2.75, 3.05) is 7.11 Å². The van der Waals surface area contributed by atoms with Crippen molar-refractivity contribution in [3.63, 3.8) is 0 Å². The molecule has 0 saturated heterocycles. The molecule has 15 heavy (non-hydrogen) atoms. The van der Waals surface area contributed by atoms with Gasteiger partial charge in [0.15, 0.2) is 0 Å². The minimum absolute atomic E-state index is 0.173. The average molecular weight is 204 g/mol. The molecule has 0 atom stereocenters. The van der Waals surface area contributed by atoms with Crippen LogP contribution in [-0.4, -0.2) is 12.9 Å². The summed E-state index contributed by atoms with van der Waals surface area (Å²) in [4.78, 5) is 11.6. The van der Waals surface area contributed by atoms with E-state index < -0.39 is 0 Å². The fourth-order valence-corrected chi connectivity index (χ4v) is 1.46. The Morgan fingerprint density at radius 1 is 1.40 bits per heavy atom. The number of ketones is 1. The molecular weight excluding hydrogens is 188 g/mol. The summed E-state index contributed by atoms with van der Waals surface area (Å²) in [5, 5.41) is 0. The Hall–Kier alpha value is -1.57. The predicted octanol–water partition coefficient (Wildman–Crippen LogP) is 2.77. The van der Waals surface area contributed by atoms with Crippen LogP contribution >= 0.6 is 0 Å². The van der Waals surface area contributed by atoms with Gasteiger partial charge in [-0.3, -0.25) is 4.79 Å². The molecule has 0 amide bonds. The molecular formula is C13H16O2. The summed E-state index contributed by atoms with van der Waals surface area (Å²) in [6.45, 7) is 5.59. The molecule has 2 heteroatoms. The number of methoxy groups -OCH3 is 1. The van der Waals surface area contributed by atoms with E-state index in [0.29, 0.717) is 12.8 Å². The van der Waals surface area contributed by atoms with Crippen molar-refractivity contribution in [3.05, 3.63) is 42.0 Å². The van der Waals surface area contributed by atoms with Crippen LogP contribution < -0.4 is 4.74 Å². The molecule has 0 aliphatic rings. The van der Waals surface area contributed by atoms with E-state index in [4.69, 9.17) is 4.74 Å². The van der Waals surface area contributed by atoms with Gasteiger partial charge in [-0.1, -0.05) is 30.4 Å². The first kappa shape index (κ1) is 11.5. The zero-order valence-corrected chi connectivity index (χ0v) is 9.25. The zero-order valence-electron chi connectivity index (χ0n) is 9.25. The van der Waals surface area contributed by atoms with Crippen LogP contribution in [-0.2, 0) is 11.2 Å². The molecule has 0 aliphatic heterocycles. The van der Waals surface area contributed by atoms with Gasteiger partial charge in [0.2, 0.25) is 0 Å². The van der Waals surface area contributed by atoms with E-state index in [1.165, 1.54) is 0 Å². The first-order valence-electron chi connectivity index (χ1n) is 4.91. The number of rotatable bonds is 5. The Morgan fingerprint density at radius 2 is 2.07 bits per heavy atom. The quantitative estimate of drug-likeness (QED) is 0.689. The molecule has 0 bridgehead atoms. The van der Waals surface area contributed by atoms with Gasteiger partial charge in [-0.15, -0.1) is 0 Å². The molecule has 1 rings (SSSR count). The topological polar surface area (TPSA) is 26.3 Å². The van der Waals surface area contributed by atoms with E-state index in [9.17, 15) is 4.79 Å². The van der Waals surface area contributed by atoms with Gasteiger partial charge in [-0.05, 0) is 13.0 Å². The summed E-state index contributed by atoms with van der Waals surface area (Å²) >= 11 is 0. The van der Waals surface area contributed by atoms with Crippen molar-refractivity contribution < 1.29 is 9.53 Å². The van der Waals surface area contributed by atoms with Gasteiger partial charge in [-0.25, -0.2) is 0 Å². The van der Waals surface area contributed by atoms with Crippen molar-refractivity contribution >= 4 is 5.78 Å². The average Bonchev–Trinajstić information content (AvgIpc) is 2.17. The first-order valence-corrected chi connectivity index (χ1v) is 4.91. The van der Waals surface area contributed by atoms with E-state index in [1.54, 1.807) is 7.11 Å². The summed E-state index contributed by atoms with van der Waals surface area (Å²) in [7, 11) is 1.61. The van der Waals surface area contributed by atoms with Gasteiger partial charge < -0.3 is 4.74 Å². The van der Waals surface area contributed by atoms with Crippen LogP contribution in [0.15, 0.2) is 36.4 Å². The second-order valence-electron chi connectivity index (χ2n) is 3.66. The number of allylic oxidation sites excluding steroid dienone is 1. The maximum absolute atomic E-state index is 11.6. The number of hydrogen-bond donors (Lipinski definition) is 0. The van der Waals surface area contributed by atoms with Gasteiger partial charge in [-0.2, -0.15) is 0 Å². The van der Waals surface area contributed by atoms with Gasteiger partial charge in [0.25, 0.3) is 0 Å². The van der Waals surface area contributed by atoms with Crippen molar-refractivity contribution in [2.45, 2.75) is 19.8 Å². The normalized spacial score (nSPS) is 9.73. The fourth-order valence-electron chi connectivity index (χ4n) is 1.46. The van der Waals surface area contributed by atoms with Crippen LogP contribution in [0.4, 0.5) is 0 Å². The highest BCUT2D eigenvalue weighted by atomic mass is 16.5. The molecule has 1 aromatic carbocycles. The van der Waals surface area contributed by atoms with E-state index in [1.807, 2.05) is 31.2 Å². The number of ether oxygens (including phenoxy) is 1. The highest BCUT2D eigenvalue weighted by molar-refractivity contribution is 5.83. The largest absolute Gasteiger partial charge is 0.496 e. The lowest BCUT2D eigenvalue weighted by atomic mass is 10.0. The van der Waals surface area contributed by atoms with Crippen LogP contribution in [0.1, 0.15) is 18.9 Å². The molecule has 0 spiro atoms. The summed E-state index contributed by atoms with van der Waals surface area (Å²) in [6, 6.07) is 7.58. The Morgan fingerprint density at radius 3 is 2.67 bits per heavy atom. The maximum Gasteiger partial charge on any atom is 0.141 e. The molecule has 2 nitrogen and oxygen atoms in total. The number of carbonyl (C=O) groups excluding carboxylic acids is 1. The van der Waals surface area contributed by atoms with Crippen LogP contribution in [0, 0.1) is 0 Å². The van der Waals surface area contributed by atoms with Crippen LogP contribution in [0.3, 0.4) is 0 Å². The third kappa shape index (κ3) is 3.58. The van der Waals surface area contributed by atoms with Crippen molar-refractivity contribution in [2.24, 2.45) is 0 Å². The van der Waals surface area contributed by atoms with Crippen LogP contribution in [0.25, 0.3) is 0 Å². The molecule has 0 aliphatic carbocycles. The minimum atomic E-state index is 0.173. The van der Waals surface area contributed by atoms with E-state index >= 15 is 0 Å². The molecule has 0 unspecified atom stereocenters. The van der Waals surface area contributed by atoms with E-state index in [-0.39, 0.29) is 5.78 Å². The molecule has 0 saturated carbocycles. The number of Topliss-reactive ketones (excluding diaryl/α,β-unsaturated/α-hetero) is 1. The number of para-hydroxylation sites is 1. The Bertz CT molecular complexity index is 367. The molecule has 1 aromatic rings. The second-order valence-corrected chi connectivity index (χ2v) is 3.66. The molecule has 0 N–H and O–H groups in total. The van der Waals surface area contributed by atoms with Crippen LogP contribution in [0.5, 0.6) is 5.75 Å². The summed E-state index contributed by atoms with van der Waals surface area (Å²) < 4.78 is 5.18. The summed E-state index contributed by atoms with van der Waals surface area (Å²) in [5.74, 6) is 0.944. The zero-order chi connectivity index (χ0) is 11.3. The van der Waals surface area contributed by atoms with Gasteiger partial charge >= 0.3 is 0 Å². The predicted molar refractivity (Wildman–Crippen MR) is 61.1 cm³/mol. The van der Waals surface area contributed by atoms with E-state index in [2.05, 4.69) is 6.58 Å². The van der Waals surface area contributed by atoms with Gasteiger partial charge in [0, 0.05) is 18.4 Å². The smallest absolute Gasteiger partial charge is 0.141 e. The number of hydrogen-bond acceptors (Lipinski definition) is 2. The molecule has 0 fully saturated rings. The van der Waals surface area contributed by atoms with Gasteiger partial charge in [0.1, 0.15) is 11.5 Å². The van der Waals surface area contributed by atoms with Crippen molar-refractivity contribution in [1.29, 1.82) is 0 Å². The summed E-state index contributed by atoms with van der Waals surface area (Å²) in [5.41, 5.74) is 1.83. The Kier molecular flexibility index (Phi) is 4.10. The SMILES string of the molecule is C=C(C)CC(=O)Cc1ccccc1OC. The molecule has 0 aromatic heterocycles. The molecule has 0 radical (unpaired) electrons. The second kappa shape index (κ2) is 5.35. The van der Waals surface area contributed by atoms with E-state index in [0.717, 1.165) is 16.9 Å². The summed E-state index contributed by atoms with van der Waals surface area (Å²) in [6.07, 6.45) is 0.856. The monoisotopic (exact) mass is 204 g/mol. The lowest BCUT2D eigenvalue weighted by Crippen LogP contribution is -2.04. The lowest BCUT2D eigenvalue weighted by molar-refractivity contribution is -0.117. The maximum atomic E-state index is 11.6. The fraction of sp³-hybridized carbons (Fsp3) is 0.308.